The van der Waals surface area contributed by atoms with E-state index in [2.05, 4.69) is 20.8 Å². The average molecular weight is 281 g/mol. The Morgan fingerprint density at radius 2 is 2.21 bits per heavy atom. The van der Waals surface area contributed by atoms with E-state index in [0.717, 1.165) is 18.5 Å². The molecule has 19 heavy (non-hydrogen) atoms. The summed E-state index contributed by atoms with van der Waals surface area (Å²) in [6.07, 6.45) is 2.98. The molecule has 8 heteroatoms. The third-order valence-electron chi connectivity index (χ3n) is 2.96. The second kappa shape index (κ2) is 4.94. The summed E-state index contributed by atoms with van der Waals surface area (Å²) in [7, 11) is 0. The highest BCUT2D eigenvalue weighted by Gasteiger charge is 2.45. The third-order valence-corrected chi connectivity index (χ3v) is 2.96. The molecule has 0 radical (unpaired) electrons. The molecule has 1 aliphatic carbocycles. The number of hydrogen-bond donors (Lipinski definition) is 2. The van der Waals surface area contributed by atoms with Crippen molar-refractivity contribution in [2.45, 2.75) is 18.4 Å². The van der Waals surface area contributed by atoms with Crippen LogP contribution in [0.4, 0.5) is 5.69 Å². The van der Waals surface area contributed by atoms with Crippen molar-refractivity contribution in [1.82, 2.24) is 20.2 Å². The van der Waals surface area contributed by atoms with Crippen molar-refractivity contribution in [3.63, 3.8) is 0 Å². The van der Waals surface area contributed by atoms with Gasteiger partial charge in [0.25, 0.3) is 0 Å². The SMILES string of the molecule is Cl.NC1(C(=O)Nc2cccc(-n3cnnn3)c2)CC1. The average Bonchev–Trinajstić information content (AvgIpc) is 2.93. The van der Waals surface area contributed by atoms with Crippen LogP contribution < -0.4 is 11.1 Å². The van der Waals surface area contributed by atoms with E-state index >= 15 is 0 Å². The largest absolute Gasteiger partial charge is 0.324 e. The summed E-state index contributed by atoms with van der Waals surface area (Å²) in [5.74, 6) is -0.142. The molecular weight excluding hydrogens is 268 g/mol. The fraction of sp³-hybridized carbons (Fsp3) is 0.273. The smallest absolute Gasteiger partial charge is 0.244 e. The lowest BCUT2D eigenvalue weighted by Gasteiger charge is -2.10. The molecule has 0 aliphatic heterocycles. The fourth-order valence-electron chi connectivity index (χ4n) is 1.62. The van der Waals surface area contributed by atoms with E-state index in [1.54, 1.807) is 12.1 Å². The molecular formula is C11H13ClN6O. The van der Waals surface area contributed by atoms with E-state index in [1.807, 2.05) is 12.1 Å². The molecule has 1 fully saturated rings. The van der Waals surface area contributed by atoms with Gasteiger partial charge < -0.3 is 11.1 Å². The fourth-order valence-corrected chi connectivity index (χ4v) is 1.62. The zero-order valence-corrected chi connectivity index (χ0v) is 10.8. The maximum Gasteiger partial charge on any atom is 0.244 e. The Kier molecular flexibility index (Phi) is 3.50. The molecule has 0 unspecified atom stereocenters. The summed E-state index contributed by atoms with van der Waals surface area (Å²) >= 11 is 0. The molecule has 1 aliphatic rings. The lowest BCUT2D eigenvalue weighted by Crippen LogP contribution is -2.37. The number of carbonyl (C=O) groups is 1. The molecule has 0 spiro atoms. The van der Waals surface area contributed by atoms with Crippen LogP contribution in [-0.2, 0) is 4.79 Å². The highest BCUT2D eigenvalue weighted by Crippen LogP contribution is 2.33. The van der Waals surface area contributed by atoms with E-state index in [-0.39, 0.29) is 18.3 Å². The Bertz CT molecular complexity index is 581. The Hall–Kier alpha value is -1.99. The van der Waals surface area contributed by atoms with Crippen LogP contribution in [-0.4, -0.2) is 31.7 Å². The summed E-state index contributed by atoms with van der Waals surface area (Å²) in [6, 6.07) is 7.27. The molecule has 0 atom stereocenters. The summed E-state index contributed by atoms with van der Waals surface area (Å²) in [4.78, 5) is 11.8. The van der Waals surface area contributed by atoms with Crippen molar-refractivity contribution in [3.8, 4) is 5.69 Å². The van der Waals surface area contributed by atoms with Gasteiger partial charge in [0, 0.05) is 5.69 Å². The highest BCUT2D eigenvalue weighted by atomic mass is 35.5. The molecule has 1 heterocycles. The summed E-state index contributed by atoms with van der Waals surface area (Å²) in [5, 5.41) is 13.7. The molecule has 2 aromatic rings. The van der Waals surface area contributed by atoms with Gasteiger partial charge in [-0.2, -0.15) is 0 Å². The van der Waals surface area contributed by atoms with Crippen LogP contribution in [0.25, 0.3) is 5.69 Å². The maximum absolute atomic E-state index is 11.8. The predicted molar refractivity (Wildman–Crippen MR) is 71.2 cm³/mol. The van der Waals surface area contributed by atoms with Crippen LogP contribution in [0.5, 0.6) is 0 Å². The van der Waals surface area contributed by atoms with Gasteiger partial charge in [-0.05, 0) is 41.5 Å². The van der Waals surface area contributed by atoms with Gasteiger partial charge in [0.2, 0.25) is 5.91 Å². The first-order chi connectivity index (χ1) is 8.67. The lowest BCUT2D eigenvalue weighted by molar-refractivity contribution is -0.118. The number of anilines is 1. The van der Waals surface area contributed by atoms with Gasteiger partial charge in [0.1, 0.15) is 6.33 Å². The minimum Gasteiger partial charge on any atom is -0.324 e. The zero-order valence-electron chi connectivity index (χ0n) is 9.98. The quantitative estimate of drug-likeness (QED) is 0.854. The number of halogens is 1. The Morgan fingerprint density at radius 3 is 2.84 bits per heavy atom. The molecule has 1 aromatic heterocycles. The van der Waals surface area contributed by atoms with Gasteiger partial charge in [0.15, 0.2) is 0 Å². The topological polar surface area (TPSA) is 98.7 Å². The minimum absolute atomic E-state index is 0. The van der Waals surface area contributed by atoms with E-state index in [9.17, 15) is 4.79 Å². The van der Waals surface area contributed by atoms with Crippen LogP contribution in [0.1, 0.15) is 12.8 Å². The number of carbonyl (C=O) groups excluding carboxylic acids is 1. The number of aromatic nitrogens is 4. The lowest BCUT2D eigenvalue weighted by atomic mass is 10.2. The number of nitrogens with one attached hydrogen (secondary N) is 1. The van der Waals surface area contributed by atoms with E-state index in [0.29, 0.717) is 5.69 Å². The van der Waals surface area contributed by atoms with Gasteiger partial charge in [-0.3, -0.25) is 4.79 Å². The first-order valence-corrected chi connectivity index (χ1v) is 5.61. The number of nitrogens with zero attached hydrogens (tertiary/aromatic N) is 4. The van der Waals surface area contributed by atoms with Crippen molar-refractivity contribution in [1.29, 1.82) is 0 Å². The molecule has 3 N–H and O–H groups in total. The monoisotopic (exact) mass is 280 g/mol. The number of rotatable bonds is 3. The zero-order chi connectivity index (χ0) is 12.6. The van der Waals surface area contributed by atoms with Gasteiger partial charge in [-0.1, -0.05) is 6.07 Å². The van der Waals surface area contributed by atoms with Crippen LogP contribution in [0, 0.1) is 0 Å². The molecule has 100 valence electrons. The molecule has 1 amide bonds. The van der Waals surface area contributed by atoms with Crippen molar-refractivity contribution in [2.75, 3.05) is 5.32 Å². The van der Waals surface area contributed by atoms with E-state index in [4.69, 9.17) is 5.73 Å². The third kappa shape index (κ3) is 2.72. The Morgan fingerprint density at radius 1 is 1.42 bits per heavy atom. The van der Waals surface area contributed by atoms with Crippen LogP contribution in [0.15, 0.2) is 30.6 Å². The number of tetrazole rings is 1. The van der Waals surface area contributed by atoms with Gasteiger partial charge in [0.05, 0.1) is 11.2 Å². The van der Waals surface area contributed by atoms with Crippen LogP contribution in [0.2, 0.25) is 0 Å². The predicted octanol–water partition coefficient (Wildman–Crippen LogP) is 0.514. The van der Waals surface area contributed by atoms with E-state index < -0.39 is 5.54 Å². The van der Waals surface area contributed by atoms with Crippen LogP contribution in [0.3, 0.4) is 0 Å². The van der Waals surface area contributed by atoms with Crippen molar-refractivity contribution >= 4 is 24.0 Å². The first-order valence-electron chi connectivity index (χ1n) is 5.61. The van der Waals surface area contributed by atoms with Crippen molar-refractivity contribution in [3.05, 3.63) is 30.6 Å². The van der Waals surface area contributed by atoms with Gasteiger partial charge in [-0.15, -0.1) is 17.5 Å². The molecule has 1 aromatic carbocycles. The second-order valence-electron chi connectivity index (χ2n) is 4.41. The minimum atomic E-state index is -0.676. The molecule has 0 saturated heterocycles. The maximum atomic E-state index is 11.8. The summed E-state index contributed by atoms with van der Waals surface area (Å²) in [5.41, 5.74) is 6.61. The van der Waals surface area contributed by atoms with Crippen LogP contribution >= 0.6 is 12.4 Å². The molecule has 1 saturated carbocycles. The summed E-state index contributed by atoms with van der Waals surface area (Å²) < 4.78 is 1.52. The first kappa shape index (κ1) is 13.4. The Balaban J connectivity index is 0.00000133. The molecule has 0 bridgehead atoms. The Labute approximate surface area is 115 Å². The standard InChI is InChI=1S/C11H12N6O.ClH/c12-11(4-5-11)10(18)14-8-2-1-3-9(6-8)17-7-13-15-16-17;/h1-3,6-7H,4-5,12H2,(H,14,18);1H. The van der Waals surface area contributed by atoms with E-state index in [1.165, 1.54) is 11.0 Å². The molecule has 7 nitrogen and oxygen atoms in total. The van der Waals surface area contributed by atoms with Gasteiger partial charge >= 0.3 is 0 Å². The number of amides is 1. The van der Waals surface area contributed by atoms with Crippen molar-refractivity contribution in [2.24, 2.45) is 5.73 Å². The van der Waals surface area contributed by atoms with Gasteiger partial charge in [-0.25, -0.2) is 4.68 Å². The second-order valence-corrected chi connectivity index (χ2v) is 4.41. The summed E-state index contributed by atoms with van der Waals surface area (Å²) in [6.45, 7) is 0. The number of nitrogens with two attached hydrogens (primary N) is 1. The molecule has 3 rings (SSSR count). The number of benzene rings is 1. The van der Waals surface area contributed by atoms with Crippen molar-refractivity contribution < 1.29 is 4.79 Å². The number of hydrogen-bond acceptors (Lipinski definition) is 5. The highest BCUT2D eigenvalue weighted by molar-refractivity contribution is 6.00. The normalized spacial score (nSPS) is 15.4.